The van der Waals surface area contributed by atoms with Gasteiger partial charge in [0.2, 0.25) is 0 Å². The minimum Gasteiger partial charge on any atom is -0.444 e. The fraction of sp³-hybridized carbons (Fsp3) is 0.571. The van der Waals surface area contributed by atoms with Gasteiger partial charge in [0.25, 0.3) is 0 Å². The molecule has 1 amide bonds. The lowest BCUT2D eigenvalue weighted by molar-refractivity contribution is 0.0222. The largest absolute Gasteiger partial charge is 0.444 e. The molecule has 0 bridgehead atoms. The second-order valence-electron chi connectivity index (χ2n) is 5.73. The zero-order valence-corrected chi connectivity index (χ0v) is 12.3. The van der Waals surface area contributed by atoms with Crippen LogP contribution in [0.4, 0.5) is 4.79 Å². The Labute approximate surface area is 118 Å². The third kappa shape index (κ3) is 3.60. The third-order valence-electron chi connectivity index (χ3n) is 2.90. The van der Waals surface area contributed by atoms with Crippen LogP contribution >= 0.6 is 11.6 Å². The highest BCUT2D eigenvalue weighted by Crippen LogP contribution is 2.21. The third-order valence-corrected chi connectivity index (χ3v) is 3.21. The minimum atomic E-state index is -0.465. The van der Waals surface area contributed by atoms with Crippen LogP contribution < -0.4 is 0 Å². The molecule has 4 nitrogen and oxygen atoms in total. The number of carbonyl (C=O) groups is 1. The molecule has 0 unspecified atom stereocenters. The number of hydrogen-bond acceptors (Lipinski definition) is 3. The van der Waals surface area contributed by atoms with Crippen LogP contribution in [0.1, 0.15) is 37.6 Å². The number of amides is 1. The van der Waals surface area contributed by atoms with Crippen LogP contribution in [0.3, 0.4) is 0 Å². The lowest BCUT2D eigenvalue weighted by Crippen LogP contribution is -2.40. The Morgan fingerprint density at radius 1 is 1.53 bits per heavy atom. The number of carbonyl (C=O) groups excluding carboxylic acids is 1. The first-order valence-electron chi connectivity index (χ1n) is 6.39. The molecule has 2 heterocycles. The topological polar surface area (TPSA) is 42.4 Å². The Balaban J connectivity index is 2.10. The molecule has 1 aromatic heterocycles. The van der Waals surface area contributed by atoms with Gasteiger partial charge in [-0.2, -0.15) is 0 Å². The van der Waals surface area contributed by atoms with Crippen LogP contribution in [-0.4, -0.2) is 28.1 Å². The number of fused-ring (bicyclic) bond motifs is 1. The zero-order chi connectivity index (χ0) is 14.0. The summed E-state index contributed by atoms with van der Waals surface area (Å²) in [5, 5.41) is 0. The van der Waals surface area contributed by atoms with Gasteiger partial charge in [0, 0.05) is 30.7 Å². The van der Waals surface area contributed by atoms with Gasteiger partial charge in [-0.3, -0.25) is 4.98 Å². The molecule has 1 aliphatic rings. The number of ether oxygens (including phenoxy) is 1. The molecule has 104 valence electrons. The maximum Gasteiger partial charge on any atom is 0.410 e. The van der Waals surface area contributed by atoms with Crippen LogP contribution in [0.15, 0.2) is 12.3 Å². The van der Waals surface area contributed by atoms with Crippen molar-refractivity contribution in [1.82, 2.24) is 9.88 Å². The number of halogens is 1. The summed E-state index contributed by atoms with van der Waals surface area (Å²) >= 11 is 5.81. The van der Waals surface area contributed by atoms with E-state index in [9.17, 15) is 4.79 Å². The second-order valence-corrected chi connectivity index (χ2v) is 6.00. The van der Waals surface area contributed by atoms with Crippen molar-refractivity contribution in [3.63, 3.8) is 0 Å². The second kappa shape index (κ2) is 5.37. The fourth-order valence-corrected chi connectivity index (χ4v) is 2.18. The van der Waals surface area contributed by atoms with Gasteiger partial charge in [0.15, 0.2) is 0 Å². The summed E-state index contributed by atoms with van der Waals surface area (Å²) in [5.74, 6) is 0.437. The van der Waals surface area contributed by atoms with Crippen LogP contribution in [0.5, 0.6) is 0 Å². The highest BCUT2D eigenvalue weighted by Gasteiger charge is 2.26. The van der Waals surface area contributed by atoms with Gasteiger partial charge in [0.05, 0.1) is 6.54 Å². The molecule has 1 aliphatic heterocycles. The van der Waals surface area contributed by atoms with E-state index in [1.165, 1.54) is 0 Å². The first kappa shape index (κ1) is 14.1. The van der Waals surface area contributed by atoms with Gasteiger partial charge in [-0.05, 0) is 38.0 Å². The van der Waals surface area contributed by atoms with Crippen molar-refractivity contribution in [2.24, 2.45) is 0 Å². The quantitative estimate of drug-likeness (QED) is 0.743. The normalized spacial score (nSPS) is 15.1. The van der Waals surface area contributed by atoms with Crippen molar-refractivity contribution in [2.45, 2.75) is 45.2 Å². The Kier molecular flexibility index (Phi) is 3.99. The Morgan fingerprint density at radius 3 is 2.89 bits per heavy atom. The average Bonchev–Trinajstić information content (AvgIpc) is 2.35. The number of alkyl halides is 1. The van der Waals surface area contributed by atoms with E-state index in [1.54, 1.807) is 11.1 Å². The molecule has 0 spiro atoms. The van der Waals surface area contributed by atoms with Gasteiger partial charge in [-0.25, -0.2) is 4.79 Å². The number of nitrogens with zero attached hydrogens (tertiary/aromatic N) is 2. The molecule has 0 N–H and O–H groups in total. The van der Waals surface area contributed by atoms with Crippen molar-refractivity contribution in [3.8, 4) is 0 Å². The number of aromatic nitrogens is 1. The van der Waals surface area contributed by atoms with Crippen LogP contribution in [-0.2, 0) is 23.6 Å². The minimum absolute atomic E-state index is 0.269. The predicted molar refractivity (Wildman–Crippen MR) is 74.1 cm³/mol. The predicted octanol–water partition coefficient (Wildman–Crippen LogP) is 3.11. The maximum absolute atomic E-state index is 12.0. The molecule has 0 aliphatic carbocycles. The summed E-state index contributed by atoms with van der Waals surface area (Å²) in [6, 6.07) is 2.02. The van der Waals surface area contributed by atoms with E-state index in [-0.39, 0.29) is 6.09 Å². The molecule has 0 atom stereocenters. The van der Waals surface area contributed by atoms with E-state index in [0.29, 0.717) is 19.0 Å². The van der Waals surface area contributed by atoms with Crippen LogP contribution in [0.25, 0.3) is 0 Å². The lowest BCUT2D eigenvalue weighted by Gasteiger charge is -2.30. The Hall–Kier alpha value is -1.29. The van der Waals surface area contributed by atoms with Gasteiger partial charge in [-0.1, -0.05) is 0 Å². The standard InChI is InChI=1S/C14H19ClN2O2/c1-14(2,3)19-13(18)17-5-4-12-11(9-17)6-10(7-15)8-16-12/h6,8H,4-5,7,9H2,1-3H3. The number of pyridine rings is 1. The zero-order valence-electron chi connectivity index (χ0n) is 11.6. The monoisotopic (exact) mass is 282 g/mol. The molecule has 0 fully saturated rings. The molecule has 0 saturated carbocycles. The van der Waals surface area contributed by atoms with Gasteiger partial charge < -0.3 is 9.64 Å². The SMILES string of the molecule is CC(C)(C)OC(=O)N1CCc2ncc(CCl)cc2C1. The highest BCUT2D eigenvalue weighted by molar-refractivity contribution is 6.17. The number of hydrogen-bond donors (Lipinski definition) is 0. The van der Waals surface area contributed by atoms with Crippen molar-refractivity contribution < 1.29 is 9.53 Å². The molecular formula is C14H19ClN2O2. The van der Waals surface area contributed by atoms with E-state index in [2.05, 4.69) is 4.98 Å². The molecule has 2 rings (SSSR count). The summed E-state index contributed by atoms with van der Waals surface area (Å²) in [6.07, 6.45) is 2.29. The van der Waals surface area contributed by atoms with Gasteiger partial charge >= 0.3 is 6.09 Å². The summed E-state index contributed by atoms with van der Waals surface area (Å²) in [6.45, 7) is 6.80. The summed E-state index contributed by atoms with van der Waals surface area (Å²) in [5.41, 5.74) is 2.63. The molecule has 1 aromatic rings. The maximum atomic E-state index is 12.0. The number of rotatable bonds is 1. The average molecular weight is 283 g/mol. The van der Waals surface area contributed by atoms with Crippen molar-refractivity contribution in [1.29, 1.82) is 0 Å². The van der Waals surface area contributed by atoms with Crippen LogP contribution in [0.2, 0.25) is 0 Å². The van der Waals surface area contributed by atoms with E-state index < -0.39 is 5.60 Å². The Bertz CT molecular complexity index is 483. The van der Waals surface area contributed by atoms with E-state index >= 15 is 0 Å². The van der Waals surface area contributed by atoms with Crippen molar-refractivity contribution in [2.75, 3.05) is 6.54 Å². The molecule has 0 saturated heterocycles. The van der Waals surface area contributed by atoms with Crippen molar-refractivity contribution >= 4 is 17.7 Å². The molecule has 5 heteroatoms. The van der Waals surface area contributed by atoms with Gasteiger partial charge in [-0.15, -0.1) is 11.6 Å². The summed E-state index contributed by atoms with van der Waals surface area (Å²) < 4.78 is 5.39. The molecule has 0 aromatic carbocycles. The van der Waals surface area contributed by atoms with E-state index in [4.69, 9.17) is 16.3 Å². The van der Waals surface area contributed by atoms with E-state index in [0.717, 1.165) is 23.2 Å². The molecule has 0 radical (unpaired) electrons. The first-order valence-corrected chi connectivity index (χ1v) is 6.93. The molecule has 19 heavy (non-hydrogen) atoms. The Morgan fingerprint density at radius 2 is 2.26 bits per heavy atom. The summed E-state index contributed by atoms with van der Waals surface area (Å²) in [7, 11) is 0. The summed E-state index contributed by atoms with van der Waals surface area (Å²) in [4.78, 5) is 18.1. The molecular weight excluding hydrogens is 264 g/mol. The smallest absolute Gasteiger partial charge is 0.410 e. The first-order chi connectivity index (χ1) is 8.89. The van der Waals surface area contributed by atoms with Crippen LogP contribution in [0, 0.1) is 0 Å². The van der Waals surface area contributed by atoms with Gasteiger partial charge in [0.1, 0.15) is 5.60 Å². The lowest BCUT2D eigenvalue weighted by atomic mass is 10.0. The highest BCUT2D eigenvalue weighted by atomic mass is 35.5. The van der Waals surface area contributed by atoms with E-state index in [1.807, 2.05) is 26.8 Å². The van der Waals surface area contributed by atoms with Crippen molar-refractivity contribution in [3.05, 3.63) is 29.1 Å². The fourth-order valence-electron chi connectivity index (χ4n) is 2.03.